The molecule has 0 aliphatic rings. The molecule has 0 aliphatic carbocycles. The molecule has 24 heavy (non-hydrogen) atoms. The Morgan fingerprint density at radius 3 is 2.67 bits per heavy atom. The minimum absolute atomic E-state index is 0.203. The van der Waals surface area contributed by atoms with Crippen LogP contribution in [0.15, 0.2) is 29.3 Å². The number of nitrogens with zero attached hydrogens (tertiary/aromatic N) is 1. The summed E-state index contributed by atoms with van der Waals surface area (Å²) >= 11 is 0. The van der Waals surface area contributed by atoms with Crippen molar-refractivity contribution in [3.05, 3.63) is 35.6 Å². The molecular formula is C19H32FN3O. The van der Waals surface area contributed by atoms with Crippen molar-refractivity contribution in [1.82, 2.24) is 10.6 Å². The molecule has 2 N–H and O–H groups in total. The second-order valence-electron chi connectivity index (χ2n) is 6.57. The van der Waals surface area contributed by atoms with Crippen LogP contribution in [0.3, 0.4) is 0 Å². The van der Waals surface area contributed by atoms with Crippen LogP contribution in [0, 0.1) is 5.82 Å². The van der Waals surface area contributed by atoms with E-state index in [2.05, 4.69) is 29.5 Å². The largest absolute Gasteiger partial charge is 0.385 e. The molecule has 0 heterocycles. The first-order valence-electron chi connectivity index (χ1n) is 8.76. The average Bonchev–Trinajstić information content (AvgIpc) is 2.55. The fourth-order valence-electron chi connectivity index (χ4n) is 2.37. The van der Waals surface area contributed by atoms with Gasteiger partial charge in [-0.3, -0.25) is 4.99 Å². The Kier molecular flexibility index (Phi) is 9.38. The fraction of sp³-hybridized carbons (Fsp3) is 0.632. The lowest BCUT2D eigenvalue weighted by Gasteiger charge is -2.24. The zero-order valence-electron chi connectivity index (χ0n) is 15.5. The van der Waals surface area contributed by atoms with Gasteiger partial charge >= 0.3 is 0 Å². The summed E-state index contributed by atoms with van der Waals surface area (Å²) in [5.74, 6) is 0.611. The number of unbranched alkanes of at least 4 members (excludes halogenated alkanes) is 2. The highest BCUT2D eigenvalue weighted by atomic mass is 19.1. The molecule has 0 radical (unpaired) electrons. The predicted octanol–water partition coefficient (Wildman–Crippen LogP) is 3.48. The van der Waals surface area contributed by atoms with Crippen LogP contribution in [0.5, 0.6) is 0 Å². The van der Waals surface area contributed by atoms with Gasteiger partial charge < -0.3 is 15.4 Å². The highest BCUT2D eigenvalue weighted by Gasteiger charge is 2.20. The van der Waals surface area contributed by atoms with E-state index in [1.807, 2.05) is 13.0 Å². The smallest absolute Gasteiger partial charge is 0.191 e. The summed E-state index contributed by atoms with van der Waals surface area (Å²) in [5.41, 5.74) is 0.741. The van der Waals surface area contributed by atoms with E-state index in [0.717, 1.165) is 50.5 Å². The highest BCUT2D eigenvalue weighted by Crippen LogP contribution is 2.24. The van der Waals surface area contributed by atoms with Crippen LogP contribution in [0.25, 0.3) is 0 Å². The number of guanidine groups is 1. The van der Waals surface area contributed by atoms with Crippen molar-refractivity contribution in [2.45, 2.75) is 45.4 Å². The van der Waals surface area contributed by atoms with E-state index in [0.29, 0.717) is 6.54 Å². The maximum absolute atomic E-state index is 13.4. The number of rotatable bonds is 10. The Balaban J connectivity index is 2.54. The van der Waals surface area contributed by atoms with Gasteiger partial charge in [0.1, 0.15) is 5.82 Å². The summed E-state index contributed by atoms with van der Waals surface area (Å²) in [6.45, 7) is 9.32. The van der Waals surface area contributed by atoms with Crippen molar-refractivity contribution < 1.29 is 9.13 Å². The number of hydrogen-bond acceptors (Lipinski definition) is 2. The number of methoxy groups -OCH3 is 1. The maximum atomic E-state index is 13.4. The number of benzene rings is 1. The third-order valence-electron chi connectivity index (χ3n) is 3.90. The normalized spacial score (nSPS) is 12.3. The molecule has 1 rings (SSSR count). The molecule has 0 fully saturated rings. The zero-order chi connectivity index (χ0) is 17.8. The molecule has 0 bridgehead atoms. The number of nitrogens with one attached hydrogen (secondary N) is 2. The molecule has 0 atom stereocenters. The van der Waals surface area contributed by atoms with Crippen molar-refractivity contribution in [2.75, 3.05) is 33.4 Å². The summed E-state index contributed by atoms with van der Waals surface area (Å²) in [7, 11) is 1.73. The second-order valence-corrected chi connectivity index (χ2v) is 6.57. The van der Waals surface area contributed by atoms with E-state index in [-0.39, 0.29) is 11.2 Å². The lowest BCUT2D eigenvalue weighted by molar-refractivity contribution is 0.192. The number of hydrogen-bond donors (Lipinski definition) is 2. The molecular weight excluding hydrogens is 305 g/mol. The van der Waals surface area contributed by atoms with Crippen LogP contribution in [0.2, 0.25) is 0 Å². The predicted molar refractivity (Wildman–Crippen MR) is 99.1 cm³/mol. The summed E-state index contributed by atoms with van der Waals surface area (Å²) in [6.07, 6.45) is 3.30. The first-order chi connectivity index (χ1) is 11.5. The summed E-state index contributed by atoms with van der Waals surface area (Å²) in [4.78, 5) is 4.67. The number of halogens is 1. The monoisotopic (exact) mass is 337 g/mol. The number of ether oxygens (including phenoxy) is 1. The van der Waals surface area contributed by atoms with Gasteiger partial charge in [-0.25, -0.2) is 4.39 Å². The van der Waals surface area contributed by atoms with Crippen molar-refractivity contribution in [2.24, 2.45) is 4.99 Å². The molecule has 5 heteroatoms. The van der Waals surface area contributed by atoms with Crippen molar-refractivity contribution in [3.63, 3.8) is 0 Å². The minimum atomic E-state index is -0.219. The van der Waals surface area contributed by atoms with Crippen molar-refractivity contribution >= 4 is 5.96 Å². The van der Waals surface area contributed by atoms with E-state index in [1.54, 1.807) is 19.2 Å². The van der Waals surface area contributed by atoms with Gasteiger partial charge in [0.15, 0.2) is 5.96 Å². The molecule has 0 spiro atoms. The Bertz CT molecular complexity index is 503. The van der Waals surface area contributed by atoms with Crippen molar-refractivity contribution in [3.8, 4) is 0 Å². The van der Waals surface area contributed by atoms with Gasteiger partial charge in [0.25, 0.3) is 0 Å². The molecule has 1 aromatic rings. The third kappa shape index (κ3) is 7.77. The quantitative estimate of drug-likeness (QED) is 0.390. The second kappa shape index (κ2) is 11.0. The molecule has 0 saturated carbocycles. The third-order valence-corrected chi connectivity index (χ3v) is 3.90. The molecule has 4 nitrogen and oxygen atoms in total. The SMILES string of the molecule is CCNC(=NCC(C)(C)c1cccc(F)c1)NCCCCCOC. The van der Waals surface area contributed by atoms with Gasteiger partial charge in [-0.05, 0) is 43.9 Å². The number of aliphatic imine (C=N–C) groups is 1. The Morgan fingerprint density at radius 2 is 2.00 bits per heavy atom. The van der Waals surface area contributed by atoms with Crippen LogP contribution < -0.4 is 10.6 Å². The van der Waals surface area contributed by atoms with Gasteiger partial charge in [-0.2, -0.15) is 0 Å². The van der Waals surface area contributed by atoms with E-state index >= 15 is 0 Å². The van der Waals surface area contributed by atoms with E-state index in [1.165, 1.54) is 6.07 Å². The molecule has 0 aliphatic heterocycles. The topological polar surface area (TPSA) is 45.7 Å². The van der Waals surface area contributed by atoms with Crippen LogP contribution >= 0.6 is 0 Å². The molecule has 1 aromatic carbocycles. The standard InChI is InChI=1S/C19H32FN3O/c1-5-21-18(22-12-7-6-8-13-24-4)23-15-19(2,3)16-10-9-11-17(20)14-16/h9-11,14H,5-8,12-13,15H2,1-4H3,(H2,21,22,23). The average molecular weight is 337 g/mol. The van der Waals surface area contributed by atoms with Crippen molar-refractivity contribution in [1.29, 1.82) is 0 Å². The van der Waals surface area contributed by atoms with Gasteiger partial charge in [0.2, 0.25) is 0 Å². The lowest BCUT2D eigenvalue weighted by atomic mass is 9.85. The van der Waals surface area contributed by atoms with E-state index in [9.17, 15) is 4.39 Å². The Labute approximate surface area is 145 Å². The summed E-state index contributed by atoms with van der Waals surface area (Å²) in [6, 6.07) is 6.76. The van der Waals surface area contributed by atoms with Gasteiger partial charge in [0.05, 0.1) is 6.54 Å². The zero-order valence-corrected chi connectivity index (χ0v) is 15.5. The van der Waals surface area contributed by atoms with Crippen LogP contribution in [0.4, 0.5) is 4.39 Å². The molecule has 0 unspecified atom stereocenters. The van der Waals surface area contributed by atoms with E-state index in [4.69, 9.17) is 4.74 Å². The summed E-state index contributed by atoms with van der Waals surface area (Å²) in [5, 5.41) is 6.62. The minimum Gasteiger partial charge on any atom is -0.385 e. The van der Waals surface area contributed by atoms with Crippen LogP contribution in [-0.2, 0) is 10.2 Å². The first kappa shape index (κ1) is 20.4. The molecule has 136 valence electrons. The Hall–Kier alpha value is -1.62. The van der Waals surface area contributed by atoms with Gasteiger partial charge in [0, 0.05) is 32.2 Å². The van der Waals surface area contributed by atoms with Gasteiger partial charge in [-0.1, -0.05) is 26.0 Å². The molecule has 0 amide bonds. The fourth-order valence-corrected chi connectivity index (χ4v) is 2.37. The molecule has 0 aromatic heterocycles. The van der Waals surface area contributed by atoms with Crippen LogP contribution in [-0.4, -0.2) is 39.3 Å². The van der Waals surface area contributed by atoms with Gasteiger partial charge in [-0.15, -0.1) is 0 Å². The first-order valence-corrected chi connectivity index (χ1v) is 8.76. The summed E-state index contributed by atoms with van der Waals surface area (Å²) < 4.78 is 18.5. The molecule has 0 saturated heterocycles. The van der Waals surface area contributed by atoms with E-state index < -0.39 is 0 Å². The lowest BCUT2D eigenvalue weighted by Crippen LogP contribution is -2.39. The Morgan fingerprint density at radius 1 is 1.21 bits per heavy atom. The highest BCUT2D eigenvalue weighted by molar-refractivity contribution is 5.79. The maximum Gasteiger partial charge on any atom is 0.191 e. The van der Waals surface area contributed by atoms with Crippen LogP contribution in [0.1, 0.15) is 45.6 Å².